The van der Waals surface area contributed by atoms with Crippen LogP contribution in [0.5, 0.6) is 0 Å². The second-order valence-electron chi connectivity index (χ2n) is 12.0. The van der Waals surface area contributed by atoms with E-state index in [1.165, 1.54) is 21.2 Å². The number of benzene rings is 2. The van der Waals surface area contributed by atoms with Gasteiger partial charge in [0.25, 0.3) is 0 Å². The molecule has 1 aromatic heterocycles. The van der Waals surface area contributed by atoms with Gasteiger partial charge in [0.2, 0.25) is 17.7 Å². The van der Waals surface area contributed by atoms with Crippen LogP contribution in [0.25, 0.3) is 0 Å². The summed E-state index contributed by atoms with van der Waals surface area (Å²) >= 11 is 8.42. The predicted octanol–water partition coefficient (Wildman–Crippen LogP) is 5.67. The topological polar surface area (TPSA) is 79.7 Å². The number of piperidine rings is 1. The molecule has 41 heavy (non-hydrogen) atoms. The molecule has 0 N–H and O–H groups in total. The van der Waals surface area contributed by atoms with Crippen LogP contribution in [0.4, 0.5) is 5.69 Å². The Bertz CT molecular complexity index is 1570. The SMILES string of the molecule is CC(C)(C)c1ccc(C2c3sc(=O)n(CC(=O)N4CCCCC4)c3SC3C(=O)N(c4ccc(Cl)cc4)C(=O)C32)cc1. The van der Waals surface area contributed by atoms with Crippen molar-refractivity contribution in [2.45, 2.75) is 68.2 Å². The number of rotatable bonds is 4. The van der Waals surface area contributed by atoms with E-state index in [0.717, 1.165) is 46.6 Å². The first kappa shape index (κ1) is 28.2. The van der Waals surface area contributed by atoms with Gasteiger partial charge in [-0.15, -0.1) is 0 Å². The van der Waals surface area contributed by atoms with E-state index in [-0.39, 0.29) is 34.6 Å². The number of imide groups is 1. The number of hydrogen-bond donors (Lipinski definition) is 0. The quantitative estimate of drug-likeness (QED) is 0.356. The molecule has 3 unspecified atom stereocenters. The fourth-order valence-electron chi connectivity index (χ4n) is 6.03. The molecule has 0 bridgehead atoms. The molecule has 2 aromatic carbocycles. The van der Waals surface area contributed by atoms with Gasteiger partial charge in [-0.2, -0.15) is 0 Å². The standard InChI is InChI=1S/C31H32ClN3O4S2/c1-31(2,3)19-9-7-18(8-10-19)23-24-25(28(38)35(27(24)37)21-13-11-20(32)12-14-21)40-29-26(23)41-30(39)34(29)17-22(36)33-15-5-4-6-16-33/h7-14,23-25H,4-6,15-17H2,1-3H3. The highest BCUT2D eigenvalue weighted by Crippen LogP contribution is 2.54. The highest BCUT2D eigenvalue weighted by Gasteiger charge is 2.56. The zero-order valence-corrected chi connectivity index (χ0v) is 25.7. The lowest BCUT2D eigenvalue weighted by Crippen LogP contribution is -2.39. The molecule has 0 saturated carbocycles. The third-order valence-corrected chi connectivity index (χ3v) is 11.1. The van der Waals surface area contributed by atoms with Gasteiger partial charge in [0, 0.05) is 28.9 Å². The lowest BCUT2D eigenvalue weighted by atomic mass is 9.81. The molecule has 3 aliphatic rings. The van der Waals surface area contributed by atoms with Crippen molar-refractivity contribution in [3.63, 3.8) is 0 Å². The molecule has 2 fully saturated rings. The second-order valence-corrected chi connectivity index (χ2v) is 14.5. The fourth-order valence-corrected chi connectivity index (χ4v) is 8.93. The molecule has 214 valence electrons. The van der Waals surface area contributed by atoms with Crippen molar-refractivity contribution < 1.29 is 14.4 Å². The Morgan fingerprint density at radius 3 is 2.22 bits per heavy atom. The van der Waals surface area contributed by atoms with Gasteiger partial charge >= 0.3 is 4.87 Å². The van der Waals surface area contributed by atoms with E-state index in [0.29, 0.717) is 28.8 Å². The number of thiazole rings is 1. The first-order valence-corrected chi connectivity index (χ1v) is 16.0. The van der Waals surface area contributed by atoms with Gasteiger partial charge in [-0.05, 0) is 60.1 Å². The van der Waals surface area contributed by atoms with Gasteiger partial charge in [0.15, 0.2) is 0 Å². The monoisotopic (exact) mass is 609 g/mol. The number of anilines is 1. The zero-order chi connectivity index (χ0) is 29.1. The third kappa shape index (κ3) is 5.06. The summed E-state index contributed by atoms with van der Waals surface area (Å²) in [7, 11) is 0. The highest BCUT2D eigenvalue weighted by molar-refractivity contribution is 8.00. The molecular weight excluding hydrogens is 578 g/mol. The minimum Gasteiger partial charge on any atom is -0.341 e. The number of aromatic nitrogens is 1. The number of hydrogen-bond acceptors (Lipinski definition) is 6. The average molecular weight is 610 g/mol. The number of thioether (sulfide) groups is 1. The van der Waals surface area contributed by atoms with E-state index in [4.69, 9.17) is 11.6 Å². The first-order chi connectivity index (χ1) is 19.5. The Labute approximate surface area is 252 Å². The van der Waals surface area contributed by atoms with E-state index in [1.807, 2.05) is 17.0 Å². The van der Waals surface area contributed by atoms with Crippen molar-refractivity contribution >= 4 is 58.1 Å². The molecule has 0 radical (unpaired) electrons. The number of likely N-dealkylation sites (tertiary alicyclic amines) is 1. The summed E-state index contributed by atoms with van der Waals surface area (Å²) in [6.07, 6.45) is 3.03. The lowest BCUT2D eigenvalue weighted by molar-refractivity contribution is -0.133. The lowest BCUT2D eigenvalue weighted by Gasteiger charge is -2.31. The predicted molar refractivity (Wildman–Crippen MR) is 163 cm³/mol. The van der Waals surface area contributed by atoms with E-state index in [9.17, 15) is 19.2 Å². The Kier molecular flexibility index (Phi) is 7.41. The summed E-state index contributed by atoms with van der Waals surface area (Å²) in [5.41, 5.74) is 2.45. The Morgan fingerprint density at radius 2 is 1.59 bits per heavy atom. The molecule has 3 aliphatic heterocycles. The normalized spacial score (nSPS) is 22.6. The van der Waals surface area contributed by atoms with Crippen LogP contribution >= 0.6 is 34.7 Å². The van der Waals surface area contributed by atoms with Gasteiger partial charge in [0.1, 0.15) is 11.8 Å². The van der Waals surface area contributed by atoms with Crippen LogP contribution in [0.1, 0.15) is 62.0 Å². The second kappa shape index (κ2) is 10.7. The average Bonchev–Trinajstić information content (AvgIpc) is 3.40. The van der Waals surface area contributed by atoms with E-state index in [2.05, 4.69) is 32.9 Å². The maximum atomic E-state index is 14.0. The van der Waals surface area contributed by atoms with Gasteiger partial charge in [-0.25, -0.2) is 4.90 Å². The number of halogens is 1. The van der Waals surface area contributed by atoms with Crippen LogP contribution < -0.4 is 9.77 Å². The van der Waals surface area contributed by atoms with Crippen molar-refractivity contribution in [3.8, 4) is 0 Å². The van der Waals surface area contributed by atoms with E-state index < -0.39 is 17.1 Å². The molecule has 3 aromatic rings. The van der Waals surface area contributed by atoms with Gasteiger partial charge < -0.3 is 4.90 Å². The van der Waals surface area contributed by atoms with Crippen LogP contribution in [0.15, 0.2) is 58.4 Å². The smallest absolute Gasteiger partial charge is 0.308 e. The first-order valence-electron chi connectivity index (χ1n) is 14.0. The highest BCUT2D eigenvalue weighted by atomic mass is 35.5. The number of carbonyl (C=O) groups excluding carboxylic acids is 3. The van der Waals surface area contributed by atoms with Crippen LogP contribution in [0.3, 0.4) is 0 Å². The molecular formula is C31H32ClN3O4S2. The largest absolute Gasteiger partial charge is 0.341 e. The maximum Gasteiger partial charge on any atom is 0.308 e. The Balaban J connectivity index is 1.44. The molecule has 6 rings (SSSR count). The summed E-state index contributed by atoms with van der Waals surface area (Å²) in [6.45, 7) is 7.76. The van der Waals surface area contributed by atoms with E-state index in [1.54, 1.807) is 24.3 Å². The summed E-state index contributed by atoms with van der Waals surface area (Å²) in [6, 6.07) is 14.8. The molecule has 10 heteroatoms. The van der Waals surface area contributed by atoms with Crippen LogP contribution in [-0.4, -0.2) is 45.5 Å². The molecule has 3 amide bonds. The van der Waals surface area contributed by atoms with Crippen molar-refractivity contribution in [2.75, 3.05) is 18.0 Å². The van der Waals surface area contributed by atoms with Crippen molar-refractivity contribution in [3.05, 3.63) is 79.2 Å². The molecule has 4 heterocycles. The van der Waals surface area contributed by atoms with Crippen molar-refractivity contribution in [1.29, 1.82) is 0 Å². The summed E-state index contributed by atoms with van der Waals surface area (Å²) in [5, 5.41) is 0.417. The maximum absolute atomic E-state index is 14.0. The summed E-state index contributed by atoms with van der Waals surface area (Å²) in [5.74, 6) is -1.86. The molecule has 3 atom stereocenters. The minimum atomic E-state index is -0.719. The van der Waals surface area contributed by atoms with Crippen LogP contribution in [-0.2, 0) is 26.3 Å². The minimum absolute atomic E-state index is 0.0534. The molecule has 0 spiro atoms. The Morgan fingerprint density at radius 1 is 0.927 bits per heavy atom. The molecule has 0 aliphatic carbocycles. The van der Waals surface area contributed by atoms with Crippen molar-refractivity contribution in [2.24, 2.45) is 5.92 Å². The fraction of sp³-hybridized carbons (Fsp3) is 0.419. The van der Waals surface area contributed by atoms with E-state index >= 15 is 0 Å². The van der Waals surface area contributed by atoms with Gasteiger partial charge in [-0.1, -0.05) is 79.7 Å². The molecule has 2 saturated heterocycles. The zero-order valence-electron chi connectivity index (χ0n) is 23.3. The molecule has 7 nitrogen and oxygen atoms in total. The van der Waals surface area contributed by atoms with Crippen LogP contribution in [0.2, 0.25) is 5.02 Å². The number of fused-ring (bicyclic) bond motifs is 2. The number of carbonyl (C=O) groups is 3. The van der Waals surface area contributed by atoms with Crippen LogP contribution in [0, 0.1) is 5.92 Å². The Hall–Kier alpha value is -2.88. The summed E-state index contributed by atoms with van der Waals surface area (Å²) in [4.78, 5) is 58.1. The van der Waals surface area contributed by atoms with Gasteiger partial charge in [-0.3, -0.25) is 23.7 Å². The third-order valence-electron chi connectivity index (χ3n) is 8.27. The number of nitrogens with zero attached hydrogens (tertiary/aromatic N) is 3. The van der Waals surface area contributed by atoms with Crippen molar-refractivity contribution in [1.82, 2.24) is 9.47 Å². The summed E-state index contributed by atoms with van der Waals surface area (Å²) < 4.78 is 1.52. The van der Waals surface area contributed by atoms with Gasteiger partial charge in [0.05, 0.1) is 16.6 Å². The number of amides is 3.